The number of aromatic nitrogens is 1. The van der Waals surface area contributed by atoms with Crippen molar-refractivity contribution in [3.8, 4) is 0 Å². The molecular formula is C18H22N2O2S. The Morgan fingerprint density at radius 2 is 2.13 bits per heavy atom. The minimum atomic E-state index is 0.0250. The molecule has 0 amide bonds. The van der Waals surface area contributed by atoms with Crippen molar-refractivity contribution < 1.29 is 9.47 Å². The number of rotatable bonds is 5. The predicted molar refractivity (Wildman–Crippen MR) is 90.3 cm³/mol. The highest BCUT2D eigenvalue weighted by molar-refractivity contribution is 7.07. The standard InChI is InChI=1S/C18H22N2O2S/c1-5-19-6-2-15(1)11-21-17-3-7-22-18(9-17)13-20(14-18)10-16-4-8-23-12-16/h1-2,4-6,8,12,17H,3,7,9-11,13-14H2/t17-/m1/s1. The Morgan fingerprint density at radius 1 is 1.26 bits per heavy atom. The molecule has 0 saturated carbocycles. The van der Waals surface area contributed by atoms with Crippen LogP contribution >= 0.6 is 11.3 Å². The van der Waals surface area contributed by atoms with E-state index in [1.165, 1.54) is 11.1 Å². The summed E-state index contributed by atoms with van der Waals surface area (Å²) in [6.45, 7) is 4.57. The van der Waals surface area contributed by atoms with Crippen LogP contribution in [0.1, 0.15) is 24.0 Å². The van der Waals surface area contributed by atoms with Crippen LogP contribution in [-0.4, -0.2) is 41.3 Å². The molecular weight excluding hydrogens is 308 g/mol. The van der Waals surface area contributed by atoms with E-state index in [1.54, 1.807) is 11.3 Å². The molecule has 1 atom stereocenters. The van der Waals surface area contributed by atoms with Crippen LogP contribution in [0.5, 0.6) is 0 Å². The van der Waals surface area contributed by atoms with Gasteiger partial charge in [0.05, 0.1) is 18.3 Å². The smallest absolute Gasteiger partial charge is 0.0959 e. The summed E-state index contributed by atoms with van der Waals surface area (Å²) >= 11 is 1.77. The fraction of sp³-hybridized carbons (Fsp3) is 0.500. The Bertz CT molecular complexity index is 611. The van der Waals surface area contributed by atoms with E-state index in [9.17, 15) is 0 Å². The molecule has 0 radical (unpaired) electrons. The van der Waals surface area contributed by atoms with Crippen LogP contribution in [0.2, 0.25) is 0 Å². The molecule has 0 bridgehead atoms. The van der Waals surface area contributed by atoms with Gasteiger partial charge in [-0.05, 0) is 46.5 Å². The Kier molecular flexibility index (Phi) is 4.44. The van der Waals surface area contributed by atoms with E-state index in [4.69, 9.17) is 9.47 Å². The fourth-order valence-corrected chi connectivity index (χ4v) is 4.22. The first-order valence-electron chi connectivity index (χ1n) is 8.19. The van der Waals surface area contributed by atoms with Gasteiger partial charge in [-0.25, -0.2) is 0 Å². The van der Waals surface area contributed by atoms with E-state index < -0.39 is 0 Å². The second kappa shape index (κ2) is 6.69. The lowest BCUT2D eigenvalue weighted by Gasteiger charge is -2.53. The summed E-state index contributed by atoms with van der Waals surface area (Å²) < 4.78 is 12.2. The molecule has 5 heteroatoms. The van der Waals surface area contributed by atoms with Crippen LogP contribution in [-0.2, 0) is 22.6 Å². The summed E-state index contributed by atoms with van der Waals surface area (Å²) in [5.41, 5.74) is 2.62. The Labute approximate surface area is 141 Å². The molecule has 0 unspecified atom stereocenters. The summed E-state index contributed by atoms with van der Waals surface area (Å²) in [5, 5.41) is 4.37. The van der Waals surface area contributed by atoms with Gasteiger partial charge in [0.1, 0.15) is 0 Å². The van der Waals surface area contributed by atoms with Gasteiger partial charge in [-0.2, -0.15) is 11.3 Å². The van der Waals surface area contributed by atoms with Crippen LogP contribution in [0.25, 0.3) is 0 Å². The maximum Gasteiger partial charge on any atom is 0.0959 e. The fourth-order valence-electron chi connectivity index (χ4n) is 3.56. The number of hydrogen-bond acceptors (Lipinski definition) is 5. The van der Waals surface area contributed by atoms with Crippen LogP contribution < -0.4 is 0 Å². The van der Waals surface area contributed by atoms with Gasteiger partial charge in [-0.1, -0.05) is 0 Å². The second-order valence-electron chi connectivity index (χ2n) is 6.59. The van der Waals surface area contributed by atoms with E-state index >= 15 is 0 Å². The molecule has 2 saturated heterocycles. The van der Waals surface area contributed by atoms with Crippen molar-refractivity contribution in [2.75, 3.05) is 19.7 Å². The average molecular weight is 330 g/mol. The van der Waals surface area contributed by atoms with Crippen molar-refractivity contribution in [2.24, 2.45) is 0 Å². The van der Waals surface area contributed by atoms with Gasteiger partial charge in [0.15, 0.2) is 0 Å². The molecule has 2 aliphatic rings. The lowest BCUT2D eigenvalue weighted by molar-refractivity contribution is -0.200. The lowest BCUT2D eigenvalue weighted by atomic mass is 9.84. The van der Waals surface area contributed by atoms with E-state index in [-0.39, 0.29) is 5.60 Å². The normalized spacial score (nSPS) is 23.7. The second-order valence-corrected chi connectivity index (χ2v) is 7.37. The van der Waals surface area contributed by atoms with Crippen molar-refractivity contribution in [2.45, 2.75) is 37.7 Å². The molecule has 4 rings (SSSR count). The molecule has 2 aliphatic heterocycles. The number of ether oxygens (including phenoxy) is 2. The summed E-state index contributed by atoms with van der Waals surface area (Å²) in [7, 11) is 0. The SMILES string of the molecule is c1cc(CO[C@@H]2CCOC3(C2)CN(Cc2ccsc2)C3)ccn1. The molecule has 23 heavy (non-hydrogen) atoms. The summed E-state index contributed by atoms with van der Waals surface area (Å²) in [6.07, 6.45) is 5.95. The van der Waals surface area contributed by atoms with Gasteiger partial charge >= 0.3 is 0 Å². The highest BCUT2D eigenvalue weighted by atomic mass is 32.1. The largest absolute Gasteiger partial charge is 0.373 e. The summed E-state index contributed by atoms with van der Waals surface area (Å²) in [4.78, 5) is 6.51. The predicted octanol–water partition coefficient (Wildman–Crippen LogP) is 3.09. The number of nitrogens with zero attached hydrogens (tertiary/aromatic N) is 2. The highest BCUT2D eigenvalue weighted by Crippen LogP contribution is 2.36. The van der Waals surface area contributed by atoms with Crippen LogP contribution in [0.15, 0.2) is 41.4 Å². The van der Waals surface area contributed by atoms with Gasteiger partial charge in [-0.15, -0.1) is 0 Å². The lowest BCUT2D eigenvalue weighted by Crippen LogP contribution is -2.65. The molecule has 122 valence electrons. The molecule has 1 spiro atoms. The molecule has 2 aromatic heterocycles. The van der Waals surface area contributed by atoms with Gasteiger partial charge in [0, 0.05) is 45.1 Å². The molecule has 2 aromatic rings. The molecule has 0 N–H and O–H groups in total. The van der Waals surface area contributed by atoms with Crippen molar-refractivity contribution >= 4 is 11.3 Å². The summed E-state index contributed by atoms with van der Waals surface area (Å²) in [6, 6.07) is 6.24. The number of thiophene rings is 1. The van der Waals surface area contributed by atoms with Crippen LogP contribution in [0.4, 0.5) is 0 Å². The van der Waals surface area contributed by atoms with E-state index in [2.05, 4.69) is 26.7 Å². The van der Waals surface area contributed by atoms with Crippen LogP contribution in [0.3, 0.4) is 0 Å². The first kappa shape index (κ1) is 15.3. The Balaban J connectivity index is 1.27. The van der Waals surface area contributed by atoms with E-state index in [1.807, 2.05) is 24.5 Å². The minimum Gasteiger partial charge on any atom is -0.373 e. The quantitative estimate of drug-likeness (QED) is 0.844. The zero-order chi connectivity index (χ0) is 15.5. The Hall–Kier alpha value is -1.27. The average Bonchev–Trinajstić information content (AvgIpc) is 3.06. The summed E-state index contributed by atoms with van der Waals surface area (Å²) in [5.74, 6) is 0. The van der Waals surface area contributed by atoms with Gasteiger partial charge in [0.2, 0.25) is 0 Å². The van der Waals surface area contributed by atoms with Gasteiger partial charge in [-0.3, -0.25) is 9.88 Å². The van der Waals surface area contributed by atoms with Crippen molar-refractivity contribution in [3.05, 3.63) is 52.5 Å². The third kappa shape index (κ3) is 3.63. The van der Waals surface area contributed by atoms with E-state index in [0.717, 1.165) is 39.1 Å². The van der Waals surface area contributed by atoms with E-state index in [0.29, 0.717) is 12.7 Å². The third-order valence-corrected chi connectivity index (χ3v) is 5.42. The molecule has 4 heterocycles. The highest BCUT2D eigenvalue weighted by Gasteiger charge is 2.47. The van der Waals surface area contributed by atoms with Gasteiger partial charge in [0.25, 0.3) is 0 Å². The van der Waals surface area contributed by atoms with Crippen molar-refractivity contribution in [1.82, 2.24) is 9.88 Å². The maximum atomic E-state index is 6.12. The third-order valence-electron chi connectivity index (χ3n) is 4.69. The molecule has 0 aromatic carbocycles. The van der Waals surface area contributed by atoms with Crippen molar-refractivity contribution in [1.29, 1.82) is 0 Å². The zero-order valence-corrected chi connectivity index (χ0v) is 14.0. The Morgan fingerprint density at radius 3 is 2.91 bits per heavy atom. The number of pyridine rings is 1. The molecule has 0 aliphatic carbocycles. The monoisotopic (exact) mass is 330 g/mol. The first-order chi connectivity index (χ1) is 11.3. The maximum absolute atomic E-state index is 6.12. The number of hydrogen-bond donors (Lipinski definition) is 0. The zero-order valence-electron chi connectivity index (χ0n) is 13.2. The topological polar surface area (TPSA) is 34.6 Å². The number of likely N-dealkylation sites (tertiary alicyclic amines) is 1. The first-order valence-corrected chi connectivity index (χ1v) is 9.14. The van der Waals surface area contributed by atoms with Crippen molar-refractivity contribution in [3.63, 3.8) is 0 Å². The minimum absolute atomic E-state index is 0.0250. The molecule has 2 fully saturated rings. The van der Waals surface area contributed by atoms with Crippen LogP contribution in [0, 0.1) is 0 Å². The van der Waals surface area contributed by atoms with Gasteiger partial charge < -0.3 is 9.47 Å². The molecule has 4 nitrogen and oxygen atoms in total.